The lowest BCUT2D eigenvalue weighted by atomic mass is 10.1. The average Bonchev–Trinajstić information content (AvgIpc) is 3.19. The Morgan fingerprint density at radius 3 is 2.50 bits per heavy atom. The molecule has 1 atom stereocenters. The smallest absolute Gasteiger partial charge is 0.234 e. The molecule has 1 saturated heterocycles. The largest absolute Gasteiger partial charge is 0.368 e. The molecule has 1 aliphatic heterocycles. The lowest BCUT2D eigenvalue weighted by Gasteiger charge is -2.35. The minimum absolute atomic E-state index is 0.170. The fourth-order valence-corrected chi connectivity index (χ4v) is 2.69. The van der Waals surface area contributed by atoms with Crippen molar-refractivity contribution in [2.24, 2.45) is 5.73 Å². The molecule has 2 aliphatic rings. The zero-order chi connectivity index (χ0) is 13.0. The summed E-state index contributed by atoms with van der Waals surface area (Å²) >= 11 is 0. The lowest BCUT2D eigenvalue weighted by molar-refractivity contribution is -0.120. The molecule has 1 saturated carbocycles. The maximum absolute atomic E-state index is 11.2. The van der Waals surface area contributed by atoms with Crippen LogP contribution in [0.25, 0.3) is 0 Å². The van der Waals surface area contributed by atoms with Crippen molar-refractivity contribution >= 4 is 5.91 Å². The van der Waals surface area contributed by atoms with Crippen molar-refractivity contribution in [2.45, 2.75) is 38.3 Å². The molecule has 18 heavy (non-hydrogen) atoms. The number of hydrogen-bond donors (Lipinski definition) is 2. The molecule has 104 valence electrons. The second-order valence-corrected chi connectivity index (χ2v) is 5.41. The number of rotatable bonds is 7. The van der Waals surface area contributed by atoms with Gasteiger partial charge in [-0.2, -0.15) is 0 Å². The van der Waals surface area contributed by atoms with Crippen molar-refractivity contribution in [3.05, 3.63) is 0 Å². The van der Waals surface area contributed by atoms with Crippen LogP contribution >= 0.6 is 0 Å². The van der Waals surface area contributed by atoms with Gasteiger partial charge in [0.05, 0.1) is 6.04 Å². The summed E-state index contributed by atoms with van der Waals surface area (Å²) in [5, 5.41) is 3.15. The van der Waals surface area contributed by atoms with E-state index in [1.54, 1.807) is 0 Å². The second kappa shape index (κ2) is 6.50. The first-order valence-corrected chi connectivity index (χ1v) is 7.19. The minimum Gasteiger partial charge on any atom is -0.368 e. The van der Waals surface area contributed by atoms with Crippen molar-refractivity contribution < 1.29 is 4.79 Å². The average molecular weight is 254 g/mol. The molecule has 0 aromatic heterocycles. The van der Waals surface area contributed by atoms with Crippen LogP contribution in [0.15, 0.2) is 0 Å². The molecule has 5 heteroatoms. The van der Waals surface area contributed by atoms with E-state index < -0.39 is 0 Å². The van der Waals surface area contributed by atoms with Crippen molar-refractivity contribution in [1.82, 2.24) is 15.1 Å². The number of amides is 1. The number of piperazine rings is 1. The van der Waals surface area contributed by atoms with Crippen LogP contribution in [0.2, 0.25) is 0 Å². The SMILES string of the molecule is CCNC(CCN1CCN(C2CC2)CC1)C(N)=O. The van der Waals surface area contributed by atoms with Gasteiger partial charge in [-0.05, 0) is 25.8 Å². The molecule has 0 spiro atoms. The van der Waals surface area contributed by atoms with Crippen molar-refractivity contribution in [2.75, 3.05) is 39.3 Å². The number of likely N-dealkylation sites (N-methyl/N-ethyl adjacent to an activating group) is 1. The van der Waals surface area contributed by atoms with E-state index in [1.165, 1.54) is 25.9 Å². The van der Waals surface area contributed by atoms with Gasteiger partial charge in [0.25, 0.3) is 0 Å². The first-order chi connectivity index (χ1) is 8.70. The Kier molecular flexibility index (Phi) is 4.97. The number of nitrogens with zero attached hydrogens (tertiary/aromatic N) is 2. The van der Waals surface area contributed by atoms with Gasteiger partial charge in [-0.1, -0.05) is 6.92 Å². The molecule has 2 rings (SSSR count). The Bertz CT molecular complexity index is 272. The molecule has 5 nitrogen and oxygen atoms in total. The second-order valence-electron chi connectivity index (χ2n) is 5.41. The first kappa shape index (κ1) is 13.8. The zero-order valence-corrected chi connectivity index (χ0v) is 11.4. The van der Waals surface area contributed by atoms with Gasteiger partial charge >= 0.3 is 0 Å². The number of nitrogens with one attached hydrogen (secondary N) is 1. The van der Waals surface area contributed by atoms with E-state index in [4.69, 9.17) is 5.73 Å². The highest BCUT2D eigenvalue weighted by Gasteiger charge is 2.31. The zero-order valence-electron chi connectivity index (χ0n) is 11.4. The Morgan fingerprint density at radius 2 is 2.00 bits per heavy atom. The Labute approximate surface area is 110 Å². The third-order valence-corrected chi connectivity index (χ3v) is 4.00. The topological polar surface area (TPSA) is 61.6 Å². The van der Waals surface area contributed by atoms with Crippen LogP contribution in [0.1, 0.15) is 26.2 Å². The fourth-order valence-electron chi connectivity index (χ4n) is 2.69. The Balaban J connectivity index is 1.65. The van der Waals surface area contributed by atoms with Crippen molar-refractivity contribution in [1.29, 1.82) is 0 Å². The first-order valence-electron chi connectivity index (χ1n) is 7.19. The van der Waals surface area contributed by atoms with Crippen LogP contribution in [0.4, 0.5) is 0 Å². The van der Waals surface area contributed by atoms with Crippen LogP contribution < -0.4 is 11.1 Å². The van der Waals surface area contributed by atoms with E-state index >= 15 is 0 Å². The summed E-state index contributed by atoms with van der Waals surface area (Å²) in [4.78, 5) is 16.3. The summed E-state index contributed by atoms with van der Waals surface area (Å²) in [7, 11) is 0. The number of carbonyl (C=O) groups is 1. The molecule has 1 heterocycles. The molecule has 0 radical (unpaired) electrons. The molecular formula is C13H26N4O. The molecular weight excluding hydrogens is 228 g/mol. The van der Waals surface area contributed by atoms with E-state index in [0.717, 1.165) is 38.6 Å². The standard InChI is InChI=1S/C13H26N4O/c1-2-15-12(13(14)18)5-6-16-7-9-17(10-8-16)11-3-4-11/h11-12,15H,2-10H2,1H3,(H2,14,18). The van der Waals surface area contributed by atoms with E-state index in [1.807, 2.05) is 6.92 Å². The lowest BCUT2D eigenvalue weighted by Crippen LogP contribution is -2.49. The summed E-state index contributed by atoms with van der Waals surface area (Å²) in [5.41, 5.74) is 5.38. The summed E-state index contributed by atoms with van der Waals surface area (Å²) in [6.45, 7) is 8.41. The van der Waals surface area contributed by atoms with Crippen LogP contribution in [0, 0.1) is 0 Å². The van der Waals surface area contributed by atoms with Crippen LogP contribution in [0.5, 0.6) is 0 Å². The predicted molar refractivity (Wildman–Crippen MR) is 72.3 cm³/mol. The monoisotopic (exact) mass is 254 g/mol. The Hall–Kier alpha value is -0.650. The van der Waals surface area contributed by atoms with Crippen molar-refractivity contribution in [3.8, 4) is 0 Å². The third kappa shape index (κ3) is 3.93. The highest BCUT2D eigenvalue weighted by molar-refractivity contribution is 5.79. The summed E-state index contributed by atoms with van der Waals surface area (Å²) < 4.78 is 0. The molecule has 2 fully saturated rings. The van der Waals surface area contributed by atoms with E-state index in [-0.39, 0.29) is 11.9 Å². The predicted octanol–water partition coefficient (Wildman–Crippen LogP) is -0.380. The Morgan fingerprint density at radius 1 is 1.33 bits per heavy atom. The summed E-state index contributed by atoms with van der Waals surface area (Å²) in [6, 6.07) is 0.712. The highest BCUT2D eigenvalue weighted by atomic mass is 16.1. The van der Waals surface area contributed by atoms with Gasteiger partial charge in [-0.15, -0.1) is 0 Å². The number of nitrogens with two attached hydrogens (primary N) is 1. The van der Waals surface area contributed by atoms with Crippen LogP contribution in [0.3, 0.4) is 0 Å². The molecule has 0 aromatic rings. The maximum Gasteiger partial charge on any atom is 0.234 e. The van der Waals surface area contributed by atoms with E-state index in [9.17, 15) is 4.79 Å². The van der Waals surface area contributed by atoms with Gasteiger partial charge in [0, 0.05) is 38.8 Å². The summed E-state index contributed by atoms with van der Waals surface area (Å²) in [6.07, 6.45) is 3.61. The number of carbonyl (C=O) groups excluding carboxylic acids is 1. The number of primary amides is 1. The van der Waals surface area contributed by atoms with Gasteiger partial charge in [-0.25, -0.2) is 0 Å². The van der Waals surface area contributed by atoms with Gasteiger partial charge in [0.2, 0.25) is 5.91 Å². The van der Waals surface area contributed by atoms with Gasteiger partial charge < -0.3 is 16.0 Å². The van der Waals surface area contributed by atoms with E-state index in [2.05, 4.69) is 15.1 Å². The summed E-state index contributed by atoms with van der Waals surface area (Å²) in [5.74, 6) is -0.228. The normalized spacial score (nSPS) is 24.1. The van der Waals surface area contributed by atoms with Crippen LogP contribution in [-0.4, -0.2) is 67.1 Å². The molecule has 1 unspecified atom stereocenters. The highest BCUT2D eigenvalue weighted by Crippen LogP contribution is 2.27. The molecule has 1 amide bonds. The maximum atomic E-state index is 11.2. The van der Waals surface area contributed by atoms with Crippen LogP contribution in [-0.2, 0) is 4.79 Å². The molecule has 0 bridgehead atoms. The van der Waals surface area contributed by atoms with Gasteiger partial charge in [-0.3, -0.25) is 9.69 Å². The molecule has 3 N–H and O–H groups in total. The van der Waals surface area contributed by atoms with Crippen molar-refractivity contribution in [3.63, 3.8) is 0 Å². The minimum atomic E-state index is -0.228. The van der Waals surface area contributed by atoms with Gasteiger partial charge in [0.15, 0.2) is 0 Å². The number of hydrogen-bond acceptors (Lipinski definition) is 4. The molecule has 0 aromatic carbocycles. The van der Waals surface area contributed by atoms with Gasteiger partial charge in [0.1, 0.15) is 0 Å². The molecule has 1 aliphatic carbocycles. The fraction of sp³-hybridized carbons (Fsp3) is 0.923. The quantitative estimate of drug-likeness (QED) is 0.650. The van der Waals surface area contributed by atoms with E-state index in [0.29, 0.717) is 0 Å². The third-order valence-electron chi connectivity index (χ3n) is 4.00.